The Morgan fingerprint density at radius 3 is 2.95 bits per heavy atom. The van der Waals surface area contributed by atoms with Gasteiger partial charge in [0.25, 0.3) is 0 Å². The molecule has 0 fully saturated rings. The first-order valence-electron chi connectivity index (χ1n) is 6.93. The molecule has 4 heteroatoms. The summed E-state index contributed by atoms with van der Waals surface area (Å²) < 4.78 is 5.08. The Hall–Kier alpha value is -1.58. The molecular weight excluding hydrogens is 240 g/mol. The second-order valence-electron chi connectivity index (χ2n) is 5.31. The normalized spacial score (nSPS) is 22.5. The van der Waals surface area contributed by atoms with Gasteiger partial charge in [-0.3, -0.25) is 9.78 Å². The zero-order valence-corrected chi connectivity index (χ0v) is 12.1. The summed E-state index contributed by atoms with van der Waals surface area (Å²) in [5.41, 5.74) is 3.20. The van der Waals surface area contributed by atoms with Crippen molar-refractivity contribution < 1.29 is 9.53 Å². The molecule has 0 aliphatic carbocycles. The molecule has 3 unspecified atom stereocenters. The molecule has 1 aliphatic heterocycles. The molecule has 3 atom stereocenters. The van der Waals surface area contributed by atoms with E-state index in [-0.39, 0.29) is 17.8 Å². The molecule has 2 rings (SSSR count). The highest BCUT2D eigenvalue weighted by atomic mass is 16.5. The summed E-state index contributed by atoms with van der Waals surface area (Å²) in [4.78, 5) is 16.4. The number of esters is 1. The maximum absolute atomic E-state index is 11.8. The Morgan fingerprint density at radius 1 is 1.53 bits per heavy atom. The van der Waals surface area contributed by atoms with E-state index in [0.717, 1.165) is 23.5 Å². The van der Waals surface area contributed by atoms with E-state index in [1.165, 1.54) is 0 Å². The van der Waals surface area contributed by atoms with E-state index in [1.54, 1.807) is 0 Å². The van der Waals surface area contributed by atoms with Crippen LogP contribution in [0.5, 0.6) is 0 Å². The monoisotopic (exact) mass is 262 g/mol. The quantitative estimate of drug-likeness (QED) is 0.848. The van der Waals surface area contributed by atoms with Crippen molar-refractivity contribution in [1.82, 2.24) is 4.98 Å². The van der Waals surface area contributed by atoms with Gasteiger partial charge in [-0.25, -0.2) is 0 Å². The van der Waals surface area contributed by atoms with Crippen molar-refractivity contribution >= 4 is 11.7 Å². The van der Waals surface area contributed by atoms with Gasteiger partial charge in [-0.15, -0.1) is 0 Å². The number of nitrogens with zero attached hydrogens (tertiary/aromatic N) is 1. The molecule has 0 radical (unpaired) electrons. The molecule has 0 saturated heterocycles. The molecular formula is C15H22N2O2. The van der Waals surface area contributed by atoms with Gasteiger partial charge in [0.1, 0.15) is 0 Å². The van der Waals surface area contributed by atoms with Crippen molar-refractivity contribution in [2.24, 2.45) is 5.92 Å². The number of rotatable bonds is 4. The lowest BCUT2D eigenvalue weighted by atomic mass is 9.89. The lowest BCUT2D eigenvalue weighted by molar-refractivity contribution is -0.147. The molecule has 1 aliphatic rings. The van der Waals surface area contributed by atoms with Gasteiger partial charge in [-0.1, -0.05) is 6.92 Å². The Kier molecular flexibility index (Phi) is 4.08. The first kappa shape index (κ1) is 13.8. The second kappa shape index (κ2) is 5.59. The van der Waals surface area contributed by atoms with E-state index in [9.17, 15) is 4.79 Å². The third-order valence-electron chi connectivity index (χ3n) is 3.70. The fourth-order valence-corrected chi connectivity index (χ4v) is 2.64. The Morgan fingerprint density at radius 2 is 2.26 bits per heavy atom. The van der Waals surface area contributed by atoms with Gasteiger partial charge in [-0.2, -0.15) is 0 Å². The third kappa shape index (κ3) is 2.88. The predicted octanol–water partition coefficient (Wildman–Crippen LogP) is 2.88. The number of ether oxygens (including phenoxy) is 1. The van der Waals surface area contributed by atoms with Gasteiger partial charge in [0.05, 0.1) is 23.9 Å². The maximum atomic E-state index is 11.8. The molecule has 4 nitrogen and oxygen atoms in total. The summed E-state index contributed by atoms with van der Waals surface area (Å²) in [5.74, 6) is 0.0626. The smallest absolute Gasteiger partial charge is 0.308 e. The van der Waals surface area contributed by atoms with Crippen LogP contribution in [-0.4, -0.2) is 23.6 Å². The average Bonchev–Trinajstić information content (AvgIpc) is 2.66. The van der Waals surface area contributed by atoms with Gasteiger partial charge < -0.3 is 10.1 Å². The topological polar surface area (TPSA) is 51.2 Å². The van der Waals surface area contributed by atoms with Crippen molar-refractivity contribution in [3.63, 3.8) is 0 Å². The summed E-state index contributed by atoms with van der Waals surface area (Å²) in [5, 5.41) is 3.44. The highest BCUT2D eigenvalue weighted by Crippen LogP contribution is 2.38. The van der Waals surface area contributed by atoms with E-state index in [4.69, 9.17) is 4.74 Å². The Labute approximate surface area is 114 Å². The molecule has 19 heavy (non-hydrogen) atoms. The van der Waals surface area contributed by atoms with E-state index in [0.29, 0.717) is 12.6 Å². The van der Waals surface area contributed by atoms with Crippen LogP contribution in [0.15, 0.2) is 12.1 Å². The largest absolute Gasteiger partial charge is 0.466 e. The van der Waals surface area contributed by atoms with Crippen molar-refractivity contribution in [3.8, 4) is 0 Å². The molecule has 0 amide bonds. The number of carbonyl (C=O) groups excluding carboxylic acids is 1. The van der Waals surface area contributed by atoms with Crippen molar-refractivity contribution in [2.45, 2.75) is 46.1 Å². The Bertz CT molecular complexity index is 473. The minimum absolute atomic E-state index is 0.0949. The molecule has 1 aromatic heterocycles. The predicted molar refractivity (Wildman–Crippen MR) is 75.2 cm³/mol. The summed E-state index contributed by atoms with van der Waals surface area (Å²) in [6.07, 6.45) is 0.774. The van der Waals surface area contributed by atoms with Gasteiger partial charge in [0.2, 0.25) is 0 Å². The van der Waals surface area contributed by atoms with Crippen molar-refractivity contribution in [2.75, 3.05) is 11.9 Å². The van der Waals surface area contributed by atoms with E-state index in [2.05, 4.69) is 23.3 Å². The lowest BCUT2D eigenvalue weighted by Crippen LogP contribution is -2.23. The number of aryl methyl sites for hydroxylation is 1. The highest BCUT2D eigenvalue weighted by molar-refractivity contribution is 5.72. The van der Waals surface area contributed by atoms with E-state index in [1.807, 2.05) is 26.8 Å². The average molecular weight is 262 g/mol. The standard InChI is InChI=1S/C15H22N2O2/c1-5-19-15(18)9(2)8-12-11(4)17-13-7-6-10(3)16-14(12)13/h6-7,9,11-12,17H,5,8H2,1-4H3. The molecule has 0 bridgehead atoms. The molecule has 1 aromatic rings. The van der Waals surface area contributed by atoms with Crippen LogP contribution in [0, 0.1) is 12.8 Å². The number of nitrogens with one attached hydrogen (secondary N) is 1. The maximum Gasteiger partial charge on any atom is 0.308 e. The fraction of sp³-hybridized carbons (Fsp3) is 0.600. The minimum atomic E-state index is -0.115. The molecule has 0 aromatic carbocycles. The number of carbonyl (C=O) groups is 1. The van der Waals surface area contributed by atoms with E-state index < -0.39 is 0 Å². The first-order chi connectivity index (χ1) is 9.02. The molecule has 2 heterocycles. The van der Waals surface area contributed by atoms with Crippen LogP contribution in [0.4, 0.5) is 5.69 Å². The summed E-state index contributed by atoms with van der Waals surface area (Å²) in [7, 11) is 0. The van der Waals surface area contributed by atoms with Crippen LogP contribution in [0.1, 0.15) is 44.5 Å². The molecule has 1 N–H and O–H groups in total. The van der Waals surface area contributed by atoms with Crippen LogP contribution >= 0.6 is 0 Å². The second-order valence-corrected chi connectivity index (χ2v) is 5.31. The van der Waals surface area contributed by atoms with Crippen LogP contribution in [0.25, 0.3) is 0 Å². The molecule has 0 saturated carbocycles. The summed E-state index contributed by atoms with van der Waals surface area (Å²) in [6, 6.07) is 4.39. The summed E-state index contributed by atoms with van der Waals surface area (Å²) >= 11 is 0. The number of hydrogen-bond acceptors (Lipinski definition) is 4. The minimum Gasteiger partial charge on any atom is -0.466 e. The highest BCUT2D eigenvalue weighted by Gasteiger charge is 2.33. The Balaban J connectivity index is 2.13. The molecule has 0 spiro atoms. The number of fused-ring (bicyclic) bond motifs is 1. The number of anilines is 1. The van der Waals surface area contributed by atoms with Gasteiger partial charge in [0.15, 0.2) is 0 Å². The van der Waals surface area contributed by atoms with E-state index >= 15 is 0 Å². The van der Waals surface area contributed by atoms with Crippen molar-refractivity contribution in [3.05, 3.63) is 23.5 Å². The molecule has 104 valence electrons. The number of aromatic nitrogens is 1. The van der Waals surface area contributed by atoms with Crippen molar-refractivity contribution in [1.29, 1.82) is 0 Å². The fourth-order valence-electron chi connectivity index (χ4n) is 2.64. The summed E-state index contributed by atoms with van der Waals surface area (Å²) in [6.45, 7) is 8.34. The zero-order chi connectivity index (χ0) is 14.0. The first-order valence-corrected chi connectivity index (χ1v) is 6.93. The number of pyridine rings is 1. The van der Waals surface area contributed by atoms with Crippen LogP contribution in [0.2, 0.25) is 0 Å². The van der Waals surface area contributed by atoms with Crippen LogP contribution in [0.3, 0.4) is 0 Å². The van der Waals surface area contributed by atoms with Gasteiger partial charge >= 0.3 is 5.97 Å². The van der Waals surface area contributed by atoms with Gasteiger partial charge in [-0.05, 0) is 39.3 Å². The van der Waals surface area contributed by atoms with Crippen LogP contribution < -0.4 is 5.32 Å². The SMILES string of the molecule is CCOC(=O)C(C)CC1c2nc(C)ccc2NC1C. The van der Waals surface area contributed by atoms with Gasteiger partial charge in [0, 0.05) is 17.7 Å². The zero-order valence-electron chi connectivity index (χ0n) is 12.1. The van der Waals surface area contributed by atoms with Crippen LogP contribution in [-0.2, 0) is 9.53 Å². The number of hydrogen-bond donors (Lipinski definition) is 1. The third-order valence-corrected chi connectivity index (χ3v) is 3.70. The lowest BCUT2D eigenvalue weighted by Gasteiger charge is -2.19.